The molecular formula is C24H28N4O3. The number of aromatic nitrogens is 3. The molecule has 7 heteroatoms. The van der Waals surface area contributed by atoms with Gasteiger partial charge in [-0.05, 0) is 48.4 Å². The summed E-state index contributed by atoms with van der Waals surface area (Å²) in [6, 6.07) is 10.2. The molecule has 0 spiro atoms. The number of nitrogens with one attached hydrogen (secondary N) is 1. The largest absolute Gasteiger partial charge is 0.394 e. The van der Waals surface area contributed by atoms with Gasteiger partial charge in [0.2, 0.25) is 5.76 Å². The van der Waals surface area contributed by atoms with Crippen molar-refractivity contribution in [3.05, 3.63) is 71.1 Å². The summed E-state index contributed by atoms with van der Waals surface area (Å²) in [6.07, 6.45) is 5.07. The van der Waals surface area contributed by atoms with Gasteiger partial charge in [-0.1, -0.05) is 30.1 Å². The molecule has 0 radical (unpaired) electrons. The second kappa shape index (κ2) is 9.92. The maximum Gasteiger partial charge on any atom is 0.210 e. The molecule has 1 aliphatic carbocycles. The fraction of sp³-hybridized carbons (Fsp3) is 0.417. The van der Waals surface area contributed by atoms with E-state index in [1.807, 2.05) is 24.4 Å². The highest BCUT2D eigenvalue weighted by molar-refractivity contribution is 5.42. The van der Waals surface area contributed by atoms with Crippen molar-refractivity contribution in [1.29, 1.82) is 0 Å². The Bertz CT molecular complexity index is 1040. The van der Waals surface area contributed by atoms with E-state index in [9.17, 15) is 5.11 Å². The molecule has 0 saturated heterocycles. The molecule has 7 nitrogen and oxygen atoms in total. The number of aliphatic hydroxyl groups excluding tert-OH is 2. The third-order valence-corrected chi connectivity index (χ3v) is 5.60. The molecule has 3 N–H and O–H groups in total. The van der Waals surface area contributed by atoms with E-state index in [0.29, 0.717) is 30.7 Å². The summed E-state index contributed by atoms with van der Waals surface area (Å²) < 4.78 is 7.42. The van der Waals surface area contributed by atoms with E-state index in [1.165, 1.54) is 5.56 Å². The Kier molecular flexibility index (Phi) is 6.82. The minimum absolute atomic E-state index is 0.205. The Morgan fingerprint density at radius 2 is 2.13 bits per heavy atom. The monoisotopic (exact) mass is 420 g/mol. The van der Waals surface area contributed by atoms with Crippen LogP contribution >= 0.6 is 0 Å². The zero-order chi connectivity index (χ0) is 21.6. The maximum absolute atomic E-state index is 9.38. The molecule has 1 saturated carbocycles. The minimum Gasteiger partial charge on any atom is -0.394 e. The molecule has 162 valence electrons. The second-order valence-corrected chi connectivity index (χ2v) is 7.98. The Morgan fingerprint density at radius 1 is 1.29 bits per heavy atom. The van der Waals surface area contributed by atoms with Crippen LogP contribution in [0.3, 0.4) is 0 Å². The SMILES string of the molecule is CCc1nccn1Cc1cc(C#Cc2ccc(C3CC3CNCC(O)CO)cc2)on1. The first-order chi connectivity index (χ1) is 15.2. The van der Waals surface area contributed by atoms with Gasteiger partial charge in [0.05, 0.1) is 19.3 Å². The van der Waals surface area contributed by atoms with Gasteiger partial charge in [0, 0.05) is 37.0 Å². The lowest BCUT2D eigenvalue weighted by molar-refractivity contribution is 0.0943. The molecule has 3 atom stereocenters. The highest BCUT2D eigenvalue weighted by Crippen LogP contribution is 2.46. The fourth-order valence-electron chi connectivity index (χ4n) is 3.75. The van der Waals surface area contributed by atoms with Crippen LogP contribution in [0.4, 0.5) is 0 Å². The zero-order valence-corrected chi connectivity index (χ0v) is 17.7. The minimum atomic E-state index is -0.685. The van der Waals surface area contributed by atoms with Crippen LogP contribution in [0.1, 0.15) is 47.7 Å². The van der Waals surface area contributed by atoms with Crippen LogP contribution in [-0.2, 0) is 13.0 Å². The number of rotatable bonds is 9. The van der Waals surface area contributed by atoms with Gasteiger partial charge in [-0.3, -0.25) is 0 Å². The van der Waals surface area contributed by atoms with Crippen molar-refractivity contribution < 1.29 is 14.7 Å². The predicted octanol–water partition coefficient (Wildman–Crippen LogP) is 1.93. The summed E-state index contributed by atoms with van der Waals surface area (Å²) in [7, 11) is 0. The predicted molar refractivity (Wildman–Crippen MR) is 116 cm³/mol. The summed E-state index contributed by atoms with van der Waals surface area (Å²) in [6.45, 7) is 3.78. The van der Waals surface area contributed by atoms with Crippen molar-refractivity contribution >= 4 is 0 Å². The van der Waals surface area contributed by atoms with Crippen molar-refractivity contribution in [2.45, 2.75) is 38.3 Å². The molecule has 0 amide bonds. The molecule has 0 aliphatic heterocycles. The summed E-state index contributed by atoms with van der Waals surface area (Å²) in [4.78, 5) is 4.32. The van der Waals surface area contributed by atoms with Gasteiger partial charge in [-0.2, -0.15) is 0 Å². The van der Waals surface area contributed by atoms with Crippen molar-refractivity contribution in [2.24, 2.45) is 5.92 Å². The van der Waals surface area contributed by atoms with Crippen LogP contribution in [0.5, 0.6) is 0 Å². The number of hydrogen-bond donors (Lipinski definition) is 3. The lowest BCUT2D eigenvalue weighted by Gasteiger charge is -2.08. The Labute approximate surface area is 182 Å². The second-order valence-electron chi connectivity index (χ2n) is 7.98. The molecule has 2 aromatic heterocycles. The van der Waals surface area contributed by atoms with E-state index in [2.05, 4.69) is 50.9 Å². The Balaban J connectivity index is 1.29. The summed E-state index contributed by atoms with van der Waals surface area (Å²) >= 11 is 0. The molecular weight excluding hydrogens is 392 g/mol. The van der Waals surface area contributed by atoms with Crippen LogP contribution in [0, 0.1) is 17.8 Å². The quantitative estimate of drug-likeness (QED) is 0.458. The van der Waals surface area contributed by atoms with Crippen LogP contribution in [0.2, 0.25) is 0 Å². The average Bonchev–Trinajstić information content (AvgIpc) is 3.19. The molecule has 3 unspecified atom stereocenters. The van der Waals surface area contributed by atoms with E-state index < -0.39 is 6.10 Å². The van der Waals surface area contributed by atoms with E-state index in [0.717, 1.165) is 36.5 Å². The van der Waals surface area contributed by atoms with E-state index in [1.54, 1.807) is 6.20 Å². The molecule has 1 aliphatic rings. The van der Waals surface area contributed by atoms with E-state index in [-0.39, 0.29) is 6.61 Å². The van der Waals surface area contributed by atoms with Crippen LogP contribution in [0.25, 0.3) is 0 Å². The number of nitrogens with zero attached hydrogens (tertiary/aromatic N) is 3. The highest BCUT2D eigenvalue weighted by Gasteiger charge is 2.37. The van der Waals surface area contributed by atoms with Gasteiger partial charge < -0.3 is 24.6 Å². The summed E-state index contributed by atoms with van der Waals surface area (Å²) in [5.74, 6) is 8.89. The average molecular weight is 421 g/mol. The number of hydrogen-bond acceptors (Lipinski definition) is 6. The van der Waals surface area contributed by atoms with Crippen LogP contribution < -0.4 is 5.32 Å². The molecule has 1 aromatic carbocycles. The number of imidazole rings is 1. The van der Waals surface area contributed by atoms with Crippen LogP contribution in [0.15, 0.2) is 47.2 Å². The summed E-state index contributed by atoms with van der Waals surface area (Å²) in [5, 5.41) is 25.6. The lowest BCUT2D eigenvalue weighted by atomic mass is 10.1. The molecule has 3 aromatic rings. The molecule has 1 fully saturated rings. The number of benzene rings is 1. The Morgan fingerprint density at radius 3 is 2.90 bits per heavy atom. The first-order valence-corrected chi connectivity index (χ1v) is 10.7. The third kappa shape index (κ3) is 5.61. The first kappa shape index (κ1) is 21.3. The fourth-order valence-corrected chi connectivity index (χ4v) is 3.75. The van der Waals surface area contributed by atoms with Crippen molar-refractivity contribution in [2.75, 3.05) is 19.7 Å². The smallest absolute Gasteiger partial charge is 0.210 e. The van der Waals surface area contributed by atoms with Gasteiger partial charge in [0.25, 0.3) is 0 Å². The normalized spacial score (nSPS) is 18.4. The van der Waals surface area contributed by atoms with Crippen molar-refractivity contribution in [3.63, 3.8) is 0 Å². The molecule has 4 rings (SSSR count). The highest BCUT2D eigenvalue weighted by atomic mass is 16.5. The molecule has 31 heavy (non-hydrogen) atoms. The lowest BCUT2D eigenvalue weighted by Crippen LogP contribution is -2.30. The summed E-state index contributed by atoms with van der Waals surface area (Å²) in [5.41, 5.74) is 3.08. The van der Waals surface area contributed by atoms with Gasteiger partial charge >= 0.3 is 0 Å². The van der Waals surface area contributed by atoms with E-state index in [4.69, 9.17) is 9.63 Å². The van der Waals surface area contributed by atoms with Gasteiger partial charge in [0.1, 0.15) is 11.5 Å². The third-order valence-electron chi connectivity index (χ3n) is 5.60. The van der Waals surface area contributed by atoms with Gasteiger partial charge in [0.15, 0.2) is 0 Å². The topological polar surface area (TPSA) is 96.3 Å². The number of aryl methyl sites for hydroxylation is 1. The zero-order valence-electron chi connectivity index (χ0n) is 17.7. The van der Waals surface area contributed by atoms with Crippen LogP contribution in [-0.4, -0.2) is 50.7 Å². The first-order valence-electron chi connectivity index (χ1n) is 10.7. The van der Waals surface area contributed by atoms with Gasteiger partial charge in [-0.25, -0.2) is 4.98 Å². The van der Waals surface area contributed by atoms with Gasteiger partial charge in [-0.15, -0.1) is 0 Å². The molecule has 0 bridgehead atoms. The van der Waals surface area contributed by atoms with Crippen molar-refractivity contribution in [3.8, 4) is 11.8 Å². The van der Waals surface area contributed by atoms with E-state index >= 15 is 0 Å². The standard InChI is InChI=1S/C24H28N4O3/c1-2-24-26-9-10-28(24)15-20-12-22(31-27-20)8-5-17-3-6-18(7-4-17)23-11-19(23)13-25-14-21(30)16-29/h3-4,6-7,9-10,12,19,21,23,25,29-30H,2,11,13-16H2,1H3. The Hall–Kier alpha value is -2.92. The molecule has 2 heterocycles. The maximum atomic E-state index is 9.38. The van der Waals surface area contributed by atoms with Crippen molar-refractivity contribution in [1.82, 2.24) is 20.0 Å². The number of aliphatic hydroxyl groups is 2.